The van der Waals surface area contributed by atoms with E-state index in [0.717, 1.165) is 35.1 Å². The summed E-state index contributed by atoms with van der Waals surface area (Å²) >= 11 is 1.43. The van der Waals surface area contributed by atoms with E-state index in [1.54, 1.807) is 13.2 Å². The molecule has 2 aromatic heterocycles. The molecule has 5 rings (SSSR count). The molecule has 6 nitrogen and oxygen atoms in total. The van der Waals surface area contributed by atoms with Crippen LogP contribution in [0, 0.1) is 0 Å². The lowest BCUT2D eigenvalue weighted by molar-refractivity contribution is 0.244. The molecule has 0 N–H and O–H groups in total. The second-order valence-corrected chi connectivity index (χ2v) is 8.99. The van der Waals surface area contributed by atoms with Gasteiger partial charge in [-0.05, 0) is 23.3 Å². The number of benzene rings is 3. The first-order valence-corrected chi connectivity index (χ1v) is 11.8. The quantitative estimate of drug-likeness (QED) is 0.320. The highest BCUT2D eigenvalue weighted by molar-refractivity contribution is 7.19. The molecule has 7 heteroatoms. The van der Waals surface area contributed by atoms with Crippen LogP contribution in [0.3, 0.4) is 0 Å². The monoisotopic (exact) mass is 468 g/mol. The van der Waals surface area contributed by atoms with E-state index < -0.39 is 0 Å². The predicted octanol–water partition coefficient (Wildman–Crippen LogP) is 5.03. The van der Waals surface area contributed by atoms with E-state index in [2.05, 4.69) is 34.3 Å². The van der Waals surface area contributed by atoms with E-state index in [0.29, 0.717) is 11.5 Å². The summed E-state index contributed by atoms with van der Waals surface area (Å²) in [5.74, 6) is 0.831. The predicted molar refractivity (Wildman–Crippen MR) is 135 cm³/mol. The van der Waals surface area contributed by atoms with Crippen LogP contribution < -0.4 is 10.3 Å². The van der Waals surface area contributed by atoms with Crippen molar-refractivity contribution in [2.45, 2.75) is 19.6 Å². The van der Waals surface area contributed by atoms with Crippen molar-refractivity contribution in [2.75, 3.05) is 7.11 Å². The Bertz CT molecular complexity index is 1430. The number of ether oxygens (including phenoxy) is 1. The lowest BCUT2D eigenvalue weighted by Gasteiger charge is -2.22. The number of hydrogen-bond acceptors (Lipinski definition) is 6. The number of hydrogen-bond donors (Lipinski definition) is 0. The average Bonchev–Trinajstić information content (AvgIpc) is 3.31. The van der Waals surface area contributed by atoms with Gasteiger partial charge < -0.3 is 4.74 Å². The zero-order valence-corrected chi connectivity index (χ0v) is 19.6. The van der Waals surface area contributed by atoms with Gasteiger partial charge in [-0.1, -0.05) is 84.1 Å². The first-order valence-electron chi connectivity index (χ1n) is 11.0. The number of rotatable bonds is 8. The van der Waals surface area contributed by atoms with Gasteiger partial charge in [-0.15, -0.1) is 0 Å². The molecule has 0 bridgehead atoms. The van der Waals surface area contributed by atoms with E-state index in [9.17, 15) is 4.79 Å². The Hall–Kier alpha value is -3.81. The van der Waals surface area contributed by atoms with Gasteiger partial charge in [-0.25, -0.2) is 4.98 Å². The fourth-order valence-electron chi connectivity index (χ4n) is 3.86. The largest absolute Gasteiger partial charge is 0.497 e. The third-order valence-corrected chi connectivity index (χ3v) is 6.48. The minimum absolute atomic E-state index is 0.164. The molecule has 0 fully saturated rings. The molecular formula is C27H24N4O2S. The molecule has 0 saturated heterocycles. The van der Waals surface area contributed by atoms with Crippen LogP contribution in [-0.4, -0.2) is 26.6 Å². The standard InChI is InChI=1S/C27H24N4O2S/c1-33-24-14-12-21(13-15-24)18-30(17-20-8-4-2-5-9-20)19-23-16-25(32)31-27(28-23)34-26(29-31)22-10-6-3-7-11-22/h2-16H,17-19H2,1H3. The Morgan fingerprint density at radius 1 is 0.853 bits per heavy atom. The van der Waals surface area contributed by atoms with Crippen molar-refractivity contribution in [3.8, 4) is 16.3 Å². The molecular weight excluding hydrogens is 444 g/mol. The van der Waals surface area contributed by atoms with Crippen molar-refractivity contribution in [1.82, 2.24) is 19.5 Å². The zero-order chi connectivity index (χ0) is 23.3. The Labute approximate surface area is 201 Å². The van der Waals surface area contributed by atoms with E-state index >= 15 is 0 Å². The van der Waals surface area contributed by atoms with Crippen LogP contribution in [0.4, 0.5) is 0 Å². The van der Waals surface area contributed by atoms with Crippen molar-refractivity contribution in [2.24, 2.45) is 0 Å². The van der Waals surface area contributed by atoms with Crippen LogP contribution in [0.15, 0.2) is 95.8 Å². The maximum absolute atomic E-state index is 12.8. The number of methoxy groups -OCH3 is 1. The van der Waals surface area contributed by atoms with Gasteiger partial charge in [0, 0.05) is 31.3 Å². The maximum atomic E-state index is 12.8. The van der Waals surface area contributed by atoms with Crippen molar-refractivity contribution in [1.29, 1.82) is 0 Å². The summed E-state index contributed by atoms with van der Waals surface area (Å²) in [6.45, 7) is 2.01. The lowest BCUT2D eigenvalue weighted by Crippen LogP contribution is -2.25. The third kappa shape index (κ3) is 5.06. The van der Waals surface area contributed by atoms with Crippen LogP contribution in [0.5, 0.6) is 5.75 Å². The summed E-state index contributed by atoms with van der Waals surface area (Å²) in [5.41, 5.74) is 3.92. The van der Waals surface area contributed by atoms with Gasteiger partial charge in [0.25, 0.3) is 5.56 Å². The molecule has 0 spiro atoms. The van der Waals surface area contributed by atoms with E-state index in [1.807, 2.05) is 60.7 Å². The third-order valence-electron chi connectivity index (χ3n) is 5.52. The van der Waals surface area contributed by atoms with Crippen molar-refractivity contribution in [3.63, 3.8) is 0 Å². The molecule has 5 aromatic rings. The van der Waals surface area contributed by atoms with E-state index in [-0.39, 0.29) is 5.56 Å². The van der Waals surface area contributed by atoms with Gasteiger partial charge in [0.2, 0.25) is 4.96 Å². The highest BCUT2D eigenvalue weighted by atomic mass is 32.1. The summed E-state index contributed by atoms with van der Waals surface area (Å²) < 4.78 is 6.68. The first-order chi connectivity index (χ1) is 16.7. The van der Waals surface area contributed by atoms with Gasteiger partial charge in [-0.3, -0.25) is 9.69 Å². The summed E-state index contributed by atoms with van der Waals surface area (Å²) in [4.78, 5) is 20.5. The molecule has 170 valence electrons. The Balaban J connectivity index is 1.44. The second kappa shape index (κ2) is 9.99. The van der Waals surface area contributed by atoms with Gasteiger partial charge in [0.1, 0.15) is 10.8 Å². The van der Waals surface area contributed by atoms with Crippen molar-refractivity contribution < 1.29 is 4.74 Å². The Morgan fingerprint density at radius 2 is 1.50 bits per heavy atom. The van der Waals surface area contributed by atoms with Crippen molar-refractivity contribution >= 4 is 16.3 Å². The SMILES string of the molecule is COc1ccc(CN(Cc2ccccc2)Cc2cc(=O)n3nc(-c4ccccc4)sc3n2)cc1. The zero-order valence-electron chi connectivity index (χ0n) is 18.8. The minimum atomic E-state index is -0.164. The molecule has 34 heavy (non-hydrogen) atoms. The lowest BCUT2D eigenvalue weighted by atomic mass is 10.1. The molecule has 0 aliphatic heterocycles. The van der Waals surface area contributed by atoms with Gasteiger partial charge >= 0.3 is 0 Å². The van der Waals surface area contributed by atoms with Crippen LogP contribution in [0.25, 0.3) is 15.5 Å². The second-order valence-electron chi connectivity index (χ2n) is 8.03. The van der Waals surface area contributed by atoms with Gasteiger partial charge in [0.05, 0.1) is 12.8 Å². The van der Waals surface area contributed by atoms with Crippen LogP contribution >= 0.6 is 11.3 Å². The number of nitrogens with zero attached hydrogens (tertiary/aromatic N) is 4. The molecule has 0 saturated carbocycles. The number of aromatic nitrogens is 3. The first kappa shape index (κ1) is 22.0. The highest BCUT2D eigenvalue weighted by Crippen LogP contribution is 2.24. The fourth-order valence-corrected chi connectivity index (χ4v) is 4.79. The van der Waals surface area contributed by atoms with Crippen LogP contribution in [-0.2, 0) is 19.6 Å². The van der Waals surface area contributed by atoms with Crippen molar-refractivity contribution in [3.05, 3.63) is 118 Å². The molecule has 0 aliphatic carbocycles. The summed E-state index contributed by atoms with van der Waals surface area (Å²) in [6, 6.07) is 29.8. The topological polar surface area (TPSA) is 59.7 Å². The van der Waals surface area contributed by atoms with Gasteiger partial charge in [-0.2, -0.15) is 9.61 Å². The van der Waals surface area contributed by atoms with E-state index in [1.165, 1.54) is 27.0 Å². The molecule has 3 aromatic carbocycles. The molecule has 0 aliphatic rings. The van der Waals surface area contributed by atoms with Crippen LogP contribution in [0.2, 0.25) is 0 Å². The normalized spacial score (nSPS) is 11.2. The fraction of sp³-hybridized carbons (Fsp3) is 0.148. The van der Waals surface area contributed by atoms with E-state index in [4.69, 9.17) is 9.72 Å². The molecule has 0 radical (unpaired) electrons. The maximum Gasteiger partial charge on any atom is 0.275 e. The van der Waals surface area contributed by atoms with Gasteiger partial charge in [0.15, 0.2) is 0 Å². The molecule has 2 heterocycles. The molecule has 0 atom stereocenters. The summed E-state index contributed by atoms with van der Waals surface area (Å²) in [7, 11) is 1.67. The van der Waals surface area contributed by atoms with Crippen LogP contribution in [0.1, 0.15) is 16.8 Å². The summed E-state index contributed by atoms with van der Waals surface area (Å²) in [6.07, 6.45) is 0. The Kier molecular flexibility index (Phi) is 6.46. The average molecular weight is 469 g/mol. The molecule has 0 unspecified atom stereocenters. The summed E-state index contributed by atoms with van der Waals surface area (Å²) in [5, 5.41) is 5.27. The molecule has 0 amide bonds. The highest BCUT2D eigenvalue weighted by Gasteiger charge is 2.14. The number of fused-ring (bicyclic) bond motifs is 1. The smallest absolute Gasteiger partial charge is 0.275 e. The Morgan fingerprint density at radius 3 is 2.18 bits per heavy atom. The minimum Gasteiger partial charge on any atom is -0.497 e.